The lowest BCUT2D eigenvalue weighted by molar-refractivity contribution is 0.661. The third-order valence-electron chi connectivity index (χ3n) is 9.51. The molecule has 3 heteroatoms. The number of rotatable bonds is 3. The average molecular weight is 576 g/mol. The van der Waals surface area contributed by atoms with Gasteiger partial charge < -0.3 is 0 Å². The highest BCUT2D eigenvalue weighted by Crippen LogP contribution is 2.52. The molecule has 0 fully saturated rings. The van der Waals surface area contributed by atoms with Gasteiger partial charge in [0, 0.05) is 27.5 Å². The normalized spacial score (nSPS) is 13.3. The minimum absolute atomic E-state index is 0.100. The lowest BCUT2D eigenvalue weighted by Crippen LogP contribution is -2.14. The maximum atomic E-state index is 5.30. The van der Waals surface area contributed by atoms with Crippen molar-refractivity contribution in [3.63, 3.8) is 0 Å². The van der Waals surface area contributed by atoms with Gasteiger partial charge in [-0.2, -0.15) is 0 Å². The van der Waals surface area contributed by atoms with Crippen molar-refractivity contribution in [1.82, 2.24) is 15.0 Å². The molecule has 0 bridgehead atoms. The molecule has 0 N–H and O–H groups in total. The van der Waals surface area contributed by atoms with E-state index in [2.05, 4.69) is 135 Å². The fourth-order valence-corrected chi connectivity index (χ4v) is 7.33. The van der Waals surface area contributed by atoms with Gasteiger partial charge in [-0.1, -0.05) is 147 Å². The van der Waals surface area contributed by atoms with Crippen LogP contribution in [0.2, 0.25) is 0 Å². The van der Waals surface area contributed by atoms with Gasteiger partial charge in [0.15, 0.2) is 17.5 Å². The number of hydrogen-bond acceptors (Lipinski definition) is 3. The molecule has 7 aromatic carbocycles. The summed E-state index contributed by atoms with van der Waals surface area (Å²) in [4.78, 5) is 15.6. The second-order valence-corrected chi connectivity index (χ2v) is 12.4. The number of hydrogen-bond donors (Lipinski definition) is 0. The summed E-state index contributed by atoms with van der Waals surface area (Å²) in [6.07, 6.45) is 0. The molecule has 0 unspecified atom stereocenters. The Balaban J connectivity index is 1.38. The van der Waals surface area contributed by atoms with Gasteiger partial charge in [0.25, 0.3) is 0 Å². The van der Waals surface area contributed by atoms with Gasteiger partial charge in [-0.25, -0.2) is 15.0 Å². The maximum Gasteiger partial charge on any atom is 0.164 e. The summed E-state index contributed by atoms with van der Waals surface area (Å²) in [5.74, 6) is 2.02. The number of fused-ring (bicyclic) bond motifs is 8. The van der Waals surface area contributed by atoms with Crippen LogP contribution in [0.25, 0.3) is 77.6 Å². The standard InChI is InChI=1S/C42H29N3/c1-42(2)35-22-11-10-20-32(35)38-36(42)24-23-26-16-12-21-33(37(26)38)40-43-39(27-13-4-3-5-14-27)44-41(45-40)34-25-28-15-6-7-17-29(28)30-18-8-9-19-31(30)34/h3-25H,1-2H3. The molecule has 1 aliphatic rings. The Morgan fingerprint density at radius 3 is 1.89 bits per heavy atom. The van der Waals surface area contributed by atoms with Crippen LogP contribution in [0.4, 0.5) is 0 Å². The van der Waals surface area contributed by atoms with Crippen molar-refractivity contribution < 1.29 is 0 Å². The summed E-state index contributed by atoms with van der Waals surface area (Å²) >= 11 is 0. The van der Waals surface area contributed by atoms with E-state index >= 15 is 0 Å². The Labute approximate surface area is 261 Å². The largest absolute Gasteiger partial charge is 0.208 e. The zero-order valence-corrected chi connectivity index (χ0v) is 25.1. The second-order valence-electron chi connectivity index (χ2n) is 12.4. The molecular formula is C42H29N3. The van der Waals surface area contributed by atoms with E-state index in [4.69, 9.17) is 15.0 Å². The van der Waals surface area contributed by atoms with Crippen molar-refractivity contribution in [2.24, 2.45) is 0 Å². The predicted molar refractivity (Wildman–Crippen MR) is 186 cm³/mol. The molecule has 212 valence electrons. The van der Waals surface area contributed by atoms with Gasteiger partial charge in [-0.15, -0.1) is 0 Å². The van der Waals surface area contributed by atoms with E-state index in [0.29, 0.717) is 17.5 Å². The third kappa shape index (κ3) is 3.87. The molecule has 45 heavy (non-hydrogen) atoms. The van der Waals surface area contributed by atoms with Crippen LogP contribution in [0.1, 0.15) is 25.0 Å². The molecule has 9 rings (SSSR count). The highest BCUT2D eigenvalue weighted by molar-refractivity contribution is 6.13. The third-order valence-corrected chi connectivity index (χ3v) is 9.51. The summed E-state index contributed by atoms with van der Waals surface area (Å²) in [6.45, 7) is 4.65. The van der Waals surface area contributed by atoms with Crippen LogP contribution in [0.15, 0.2) is 140 Å². The first-order valence-corrected chi connectivity index (χ1v) is 15.5. The Hall–Kier alpha value is -5.67. The van der Waals surface area contributed by atoms with E-state index in [1.165, 1.54) is 43.8 Å². The van der Waals surface area contributed by atoms with Gasteiger partial charge in [0.1, 0.15) is 0 Å². The summed E-state index contributed by atoms with van der Waals surface area (Å²) in [7, 11) is 0. The SMILES string of the molecule is CC1(C)c2ccccc2-c2c1ccc1cccc(-c3nc(-c4ccccc4)nc(-c4cc5ccccc5c5ccccc45)n3)c21. The first kappa shape index (κ1) is 25.8. The molecule has 0 amide bonds. The van der Waals surface area contributed by atoms with E-state index in [-0.39, 0.29) is 5.41 Å². The maximum absolute atomic E-state index is 5.30. The lowest BCUT2D eigenvalue weighted by Gasteiger charge is -2.21. The van der Waals surface area contributed by atoms with E-state index in [1.54, 1.807) is 0 Å². The van der Waals surface area contributed by atoms with Gasteiger partial charge in [-0.3, -0.25) is 0 Å². The van der Waals surface area contributed by atoms with Gasteiger partial charge in [0.05, 0.1) is 0 Å². The van der Waals surface area contributed by atoms with E-state index in [0.717, 1.165) is 27.5 Å². The van der Waals surface area contributed by atoms with Crippen LogP contribution < -0.4 is 0 Å². The highest BCUT2D eigenvalue weighted by Gasteiger charge is 2.36. The molecule has 3 nitrogen and oxygen atoms in total. The summed E-state index contributed by atoms with van der Waals surface area (Å²) in [5, 5.41) is 7.07. The van der Waals surface area contributed by atoms with Crippen LogP contribution in [0.5, 0.6) is 0 Å². The van der Waals surface area contributed by atoms with Crippen molar-refractivity contribution in [2.45, 2.75) is 19.3 Å². The number of benzene rings is 7. The topological polar surface area (TPSA) is 38.7 Å². The fraction of sp³-hybridized carbons (Fsp3) is 0.0714. The minimum atomic E-state index is -0.100. The van der Waals surface area contributed by atoms with E-state index in [1.807, 2.05) is 18.2 Å². The molecule has 0 atom stereocenters. The van der Waals surface area contributed by atoms with Gasteiger partial charge in [-0.05, 0) is 55.3 Å². The van der Waals surface area contributed by atoms with Crippen molar-refractivity contribution in [3.8, 4) is 45.3 Å². The zero-order valence-electron chi connectivity index (χ0n) is 25.1. The lowest BCUT2D eigenvalue weighted by atomic mass is 9.82. The van der Waals surface area contributed by atoms with Crippen LogP contribution in [0, 0.1) is 0 Å². The monoisotopic (exact) mass is 575 g/mol. The van der Waals surface area contributed by atoms with Crippen molar-refractivity contribution >= 4 is 32.3 Å². The molecule has 0 radical (unpaired) electrons. The second kappa shape index (κ2) is 9.67. The summed E-state index contributed by atoms with van der Waals surface area (Å²) < 4.78 is 0. The molecule has 1 aromatic heterocycles. The van der Waals surface area contributed by atoms with Crippen LogP contribution in [0.3, 0.4) is 0 Å². The van der Waals surface area contributed by atoms with E-state index < -0.39 is 0 Å². The first-order chi connectivity index (χ1) is 22.1. The quantitative estimate of drug-likeness (QED) is 0.197. The molecule has 0 saturated heterocycles. The number of nitrogens with zero attached hydrogens (tertiary/aromatic N) is 3. The minimum Gasteiger partial charge on any atom is -0.208 e. The molecule has 0 aliphatic heterocycles. The summed E-state index contributed by atoms with van der Waals surface area (Å²) in [5.41, 5.74) is 8.13. The van der Waals surface area contributed by atoms with Crippen LogP contribution >= 0.6 is 0 Å². The molecule has 0 spiro atoms. The molecule has 1 aliphatic carbocycles. The smallest absolute Gasteiger partial charge is 0.164 e. The van der Waals surface area contributed by atoms with Crippen LogP contribution in [-0.2, 0) is 5.41 Å². The van der Waals surface area contributed by atoms with Crippen molar-refractivity contribution in [2.75, 3.05) is 0 Å². The highest BCUT2D eigenvalue weighted by atomic mass is 15.0. The van der Waals surface area contributed by atoms with Gasteiger partial charge >= 0.3 is 0 Å². The van der Waals surface area contributed by atoms with Crippen molar-refractivity contribution in [3.05, 3.63) is 151 Å². The van der Waals surface area contributed by atoms with Crippen LogP contribution in [-0.4, -0.2) is 15.0 Å². The first-order valence-electron chi connectivity index (χ1n) is 15.5. The molecule has 0 saturated carbocycles. The van der Waals surface area contributed by atoms with Gasteiger partial charge in [0.2, 0.25) is 0 Å². The average Bonchev–Trinajstić information content (AvgIpc) is 3.34. The zero-order chi connectivity index (χ0) is 30.1. The Morgan fingerprint density at radius 1 is 0.422 bits per heavy atom. The molecule has 8 aromatic rings. The molecular weight excluding hydrogens is 546 g/mol. The van der Waals surface area contributed by atoms with E-state index in [9.17, 15) is 0 Å². The fourth-order valence-electron chi connectivity index (χ4n) is 7.33. The number of aromatic nitrogens is 3. The van der Waals surface area contributed by atoms with Crippen molar-refractivity contribution in [1.29, 1.82) is 0 Å². The predicted octanol–water partition coefficient (Wildman–Crippen LogP) is 10.6. The summed E-state index contributed by atoms with van der Waals surface area (Å²) in [6, 6.07) is 49.4. The Morgan fingerprint density at radius 2 is 1.04 bits per heavy atom. The Kier molecular flexibility index (Phi) is 5.54. The molecule has 1 heterocycles. The Bertz CT molecular complexity index is 2460.